The molecular weight excluding hydrogens is 302 g/mol. The maximum atomic E-state index is 12.2. The van der Waals surface area contributed by atoms with Gasteiger partial charge in [0.05, 0.1) is 6.04 Å². The number of nitrogens with one attached hydrogen (secondary N) is 1. The summed E-state index contributed by atoms with van der Waals surface area (Å²) in [6, 6.07) is 15.4. The van der Waals surface area contributed by atoms with Gasteiger partial charge in [-0.05, 0) is 51.5 Å². The lowest BCUT2D eigenvalue weighted by molar-refractivity contribution is -0.128. The molecule has 0 heterocycles. The Bertz CT molecular complexity index is 667. The Hall–Kier alpha value is -2.49. The molecule has 2 atom stereocenters. The molecule has 4 nitrogen and oxygen atoms in total. The fraction of sp³-hybridized carbons (Fsp3) is 0.350. The van der Waals surface area contributed by atoms with E-state index in [4.69, 9.17) is 9.47 Å². The molecule has 0 aliphatic carbocycles. The summed E-state index contributed by atoms with van der Waals surface area (Å²) in [5.74, 6) is 1.37. The number of aryl methyl sites for hydroxylation is 2. The molecule has 0 aliphatic rings. The first-order valence-electron chi connectivity index (χ1n) is 8.18. The van der Waals surface area contributed by atoms with Crippen LogP contribution in [0.5, 0.6) is 11.5 Å². The van der Waals surface area contributed by atoms with Crippen LogP contribution in [-0.4, -0.2) is 24.7 Å². The lowest BCUT2D eigenvalue weighted by Gasteiger charge is -2.20. The number of benzene rings is 2. The summed E-state index contributed by atoms with van der Waals surface area (Å²) in [7, 11) is 0. The van der Waals surface area contributed by atoms with E-state index in [1.807, 2.05) is 69.3 Å². The van der Waals surface area contributed by atoms with Crippen LogP contribution in [0.4, 0.5) is 0 Å². The number of amides is 1. The van der Waals surface area contributed by atoms with Crippen LogP contribution >= 0.6 is 0 Å². The maximum absolute atomic E-state index is 12.2. The van der Waals surface area contributed by atoms with E-state index in [1.165, 1.54) is 5.56 Å². The van der Waals surface area contributed by atoms with Crippen molar-refractivity contribution in [1.82, 2.24) is 5.32 Å². The van der Waals surface area contributed by atoms with E-state index in [1.54, 1.807) is 6.92 Å². The van der Waals surface area contributed by atoms with Gasteiger partial charge in [-0.15, -0.1) is 0 Å². The zero-order chi connectivity index (χ0) is 17.5. The number of rotatable bonds is 7. The second-order valence-corrected chi connectivity index (χ2v) is 6.06. The molecule has 24 heavy (non-hydrogen) atoms. The van der Waals surface area contributed by atoms with Crippen molar-refractivity contribution in [3.8, 4) is 11.5 Å². The Morgan fingerprint density at radius 3 is 2.38 bits per heavy atom. The molecule has 0 spiro atoms. The molecule has 0 bridgehead atoms. The minimum Gasteiger partial charge on any atom is -0.491 e. The predicted octanol–water partition coefficient (Wildman–Crippen LogP) is 3.65. The second-order valence-electron chi connectivity index (χ2n) is 6.06. The lowest BCUT2D eigenvalue weighted by atomic mass is 10.2. The molecule has 1 amide bonds. The quantitative estimate of drug-likeness (QED) is 0.844. The minimum absolute atomic E-state index is 0.110. The molecule has 2 aromatic carbocycles. The van der Waals surface area contributed by atoms with Crippen molar-refractivity contribution in [2.24, 2.45) is 0 Å². The first-order chi connectivity index (χ1) is 11.5. The second kappa shape index (κ2) is 8.39. The smallest absolute Gasteiger partial charge is 0.261 e. The molecular formula is C20H25NO3. The Kier molecular flexibility index (Phi) is 6.24. The normalized spacial score (nSPS) is 13.0. The largest absolute Gasteiger partial charge is 0.491 e. The van der Waals surface area contributed by atoms with E-state index >= 15 is 0 Å². The van der Waals surface area contributed by atoms with E-state index in [-0.39, 0.29) is 11.9 Å². The van der Waals surface area contributed by atoms with Gasteiger partial charge in [0.2, 0.25) is 0 Å². The summed E-state index contributed by atoms with van der Waals surface area (Å²) in [6.07, 6.45) is -0.562. The molecule has 0 aliphatic heterocycles. The van der Waals surface area contributed by atoms with Gasteiger partial charge >= 0.3 is 0 Å². The van der Waals surface area contributed by atoms with Crippen LogP contribution in [0, 0.1) is 13.8 Å². The number of carbonyl (C=O) groups is 1. The third kappa shape index (κ3) is 5.30. The average Bonchev–Trinajstić information content (AvgIpc) is 2.56. The first-order valence-corrected chi connectivity index (χ1v) is 8.18. The Labute approximate surface area is 143 Å². The predicted molar refractivity (Wildman–Crippen MR) is 95.5 cm³/mol. The first kappa shape index (κ1) is 17.9. The van der Waals surface area contributed by atoms with Gasteiger partial charge in [-0.3, -0.25) is 4.79 Å². The number of para-hydroxylation sites is 1. The highest BCUT2D eigenvalue weighted by Gasteiger charge is 2.17. The third-order valence-electron chi connectivity index (χ3n) is 3.68. The summed E-state index contributed by atoms with van der Waals surface area (Å²) >= 11 is 0. The van der Waals surface area contributed by atoms with Crippen molar-refractivity contribution < 1.29 is 14.3 Å². The summed E-state index contributed by atoms with van der Waals surface area (Å²) in [4.78, 5) is 12.2. The van der Waals surface area contributed by atoms with Crippen LogP contribution < -0.4 is 14.8 Å². The van der Waals surface area contributed by atoms with Crippen LogP contribution in [0.2, 0.25) is 0 Å². The highest BCUT2D eigenvalue weighted by atomic mass is 16.5. The molecule has 128 valence electrons. The average molecular weight is 327 g/mol. The van der Waals surface area contributed by atoms with Crippen molar-refractivity contribution in [3.63, 3.8) is 0 Å². The van der Waals surface area contributed by atoms with E-state index in [9.17, 15) is 4.79 Å². The monoisotopic (exact) mass is 327 g/mol. The maximum Gasteiger partial charge on any atom is 0.261 e. The SMILES string of the molecule is Cc1ccc(OC[C@@H](C)NC(=O)[C@@H](C)Oc2ccccc2C)cc1. The zero-order valence-corrected chi connectivity index (χ0v) is 14.7. The molecule has 1 N–H and O–H groups in total. The standard InChI is InChI=1S/C20H25NO3/c1-14-9-11-18(12-10-14)23-13-16(3)21-20(22)17(4)24-19-8-6-5-7-15(19)2/h5-12,16-17H,13H2,1-4H3,(H,21,22)/t16-,17-/m1/s1. The molecule has 0 fully saturated rings. The van der Waals surface area contributed by atoms with Gasteiger partial charge in [0, 0.05) is 0 Å². The highest BCUT2D eigenvalue weighted by molar-refractivity contribution is 5.81. The number of carbonyl (C=O) groups excluding carboxylic acids is 1. The van der Waals surface area contributed by atoms with Crippen LogP contribution in [0.25, 0.3) is 0 Å². The van der Waals surface area contributed by atoms with E-state index < -0.39 is 6.10 Å². The third-order valence-corrected chi connectivity index (χ3v) is 3.68. The number of hydrogen-bond donors (Lipinski definition) is 1. The Morgan fingerprint density at radius 2 is 1.71 bits per heavy atom. The van der Waals surface area contributed by atoms with Crippen molar-refractivity contribution in [2.45, 2.75) is 39.8 Å². The fourth-order valence-electron chi connectivity index (χ4n) is 2.19. The summed E-state index contributed by atoms with van der Waals surface area (Å²) in [5, 5.41) is 2.91. The van der Waals surface area contributed by atoms with Gasteiger partial charge in [-0.25, -0.2) is 0 Å². The van der Waals surface area contributed by atoms with Crippen LogP contribution in [0.3, 0.4) is 0 Å². The molecule has 0 radical (unpaired) electrons. The van der Waals surface area contributed by atoms with Crippen LogP contribution in [0.15, 0.2) is 48.5 Å². The molecule has 2 rings (SSSR count). The molecule has 4 heteroatoms. The van der Waals surface area contributed by atoms with Gasteiger partial charge < -0.3 is 14.8 Å². The highest BCUT2D eigenvalue weighted by Crippen LogP contribution is 2.18. The van der Waals surface area contributed by atoms with Crippen molar-refractivity contribution in [2.75, 3.05) is 6.61 Å². The Balaban J connectivity index is 1.80. The molecule has 0 unspecified atom stereocenters. The van der Waals surface area contributed by atoms with Gasteiger partial charge in [-0.1, -0.05) is 35.9 Å². The molecule has 0 aromatic heterocycles. The van der Waals surface area contributed by atoms with E-state index in [0.717, 1.165) is 17.1 Å². The van der Waals surface area contributed by atoms with Crippen molar-refractivity contribution in [3.05, 3.63) is 59.7 Å². The van der Waals surface area contributed by atoms with E-state index in [2.05, 4.69) is 5.32 Å². The number of hydrogen-bond acceptors (Lipinski definition) is 3. The van der Waals surface area contributed by atoms with Crippen LogP contribution in [0.1, 0.15) is 25.0 Å². The topological polar surface area (TPSA) is 47.6 Å². The van der Waals surface area contributed by atoms with Crippen LogP contribution in [-0.2, 0) is 4.79 Å². The van der Waals surface area contributed by atoms with Crippen molar-refractivity contribution in [1.29, 1.82) is 0 Å². The molecule has 2 aromatic rings. The lowest BCUT2D eigenvalue weighted by Crippen LogP contribution is -2.43. The van der Waals surface area contributed by atoms with Gasteiger partial charge in [-0.2, -0.15) is 0 Å². The summed E-state index contributed by atoms with van der Waals surface area (Å²) in [5.41, 5.74) is 2.19. The van der Waals surface area contributed by atoms with Crippen molar-refractivity contribution >= 4 is 5.91 Å². The van der Waals surface area contributed by atoms with E-state index in [0.29, 0.717) is 6.61 Å². The molecule has 0 saturated heterocycles. The zero-order valence-electron chi connectivity index (χ0n) is 14.7. The van der Waals surface area contributed by atoms with Gasteiger partial charge in [0.15, 0.2) is 6.10 Å². The summed E-state index contributed by atoms with van der Waals surface area (Å²) < 4.78 is 11.4. The van der Waals surface area contributed by atoms with Gasteiger partial charge in [0.1, 0.15) is 18.1 Å². The number of ether oxygens (including phenoxy) is 2. The van der Waals surface area contributed by atoms with Gasteiger partial charge in [0.25, 0.3) is 5.91 Å². The fourth-order valence-corrected chi connectivity index (χ4v) is 2.19. The summed E-state index contributed by atoms with van der Waals surface area (Å²) in [6.45, 7) is 8.05. The Morgan fingerprint density at radius 1 is 1.04 bits per heavy atom. The molecule has 0 saturated carbocycles. The minimum atomic E-state index is -0.562.